The van der Waals surface area contributed by atoms with E-state index in [9.17, 15) is 0 Å². The van der Waals surface area contributed by atoms with Crippen molar-refractivity contribution in [1.29, 1.82) is 0 Å². The Labute approximate surface area is 289 Å². The molecule has 4 bridgehead atoms. The van der Waals surface area contributed by atoms with E-state index in [-0.39, 0.29) is 0 Å². The maximum atomic E-state index is 3.89. The summed E-state index contributed by atoms with van der Waals surface area (Å²) < 4.78 is 10.2. The van der Waals surface area contributed by atoms with E-state index in [1.807, 2.05) is 94.1 Å². The zero-order chi connectivity index (χ0) is 28.8. The quantitative estimate of drug-likeness (QED) is 0.258. The summed E-state index contributed by atoms with van der Waals surface area (Å²) in [5.41, 5.74) is 8.79. The average Bonchev–Trinajstić information content (AvgIpc) is 3.52. The zero-order valence-electron chi connectivity index (χ0n) is 23.8. The maximum Gasteiger partial charge on any atom is 0.0659 e. The van der Waals surface area contributed by atoms with Crippen molar-refractivity contribution >= 4 is 110 Å². The van der Waals surface area contributed by atoms with Gasteiger partial charge < -0.3 is 0 Å². The van der Waals surface area contributed by atoms with Gasteiger partial charge in [-0.3, -0.25) is 0 Å². The highest BCUT2D eigenvalue weighted by atomic mass is 79.9. The molecule has 0 radical (unpaired) electrons. The van der Waals surface area contributed by atoms with E-state index in [4.69, 9.17) is 0 Å². The Bertz CT molecular complexity index is 1270. The molecule has 0 fully saturated rings. The van der Waals surface area contributed by atoms with Crippen LogP contribution < -0.4 is 0 Å². The normalized spacial score (nSPS) is 18.0. The fraction of sp³-hybridized carbons (Fsp3) is 0.375. The van der Waals surface area contributed by atoms with Gasteiger partial charge >= 0.3 is 0 Å². The summed E-state index contributed by atoms with van der Waals surface area (Å²) >= 11 is 20.0. The molecule has 2 aromatic rings. The van der Waals surface area contributed by atoms with Crippen molar-refractivity contribution in [2.75, 3.05) is 23.0 Å². The molecule has 2 aliphatic heterocycles. The van der Waals surface area contributed by atoms with Crippen molar-refractivity contribution in [3.05, 3.63) is 106 Å². The SMILES string of the molecule is CCSC1=C(SCC)SC(=C2Cc3cccc(c3)CC(=C3SC(SCC)=C(SCC)S3)Cc3cc(Br)cc(c3)C2)S1. The molecule has 5 rings (SSSR count). The van der Waals surface area contributed by atoms with Crippen molar-refractivity contribution < 1.29 is 0 Å². The van der Waals surface area contributed by atoms with Crippen LogP contribution in [0.5, 0.6) is 0 Å². The molecule has 9 heteroatoms. The number of benzene rings is 2. The first-order valence-corrected chi connectivity index (χ1v) is 22.0. The maximum absolute atomic E-state index is 3.89. The first-order chi connectivity index (χ1) is 20.0. The molecule has 41 heavy (non-hydrogen) atoms. The number of hydrogen-bond donors (Lipinski definition) is 0. The van der Waals surface area contributed by atoms with Gasteiger partial charge in [-0.2, -0.15) is 0 Å². The van der Waals surface area contributed by atoms with Crippen LogP contribution in [0.15, 0.2) is 83.5 Å². The van der Waals surface area contributed by atoms with Gasteiger partial charge in [-0.25, -0.2) is 0 Å². The summed E-state index contributed by atoms with van der Waals surface area (Å²) in [5.74, 6) is 4.49. The second-order valence-electron chi connectivity index (χ2n) is 9.57. The van der Waals surface area contributed by atoms with E-state index in [1.54, 1.807) is 11.1 Å². The van der Waals surface area contributed by atoms with E-state index in [2.05, 4.69) is 86.1 Å². The molecule has 0 nitrogen and oxygen atoms in total. The van der Waals surface area contributed by atoms with Crippen LogP contribution in [0, 0.1) is 0 Å². The largest absolute Gasteiger partial charge is 0.118 e. The number of hydrogen-bond acceptors (Lipinski definition) is 8. The van der Waals surface area contributed by atoms with Crippen LogP contribution >= 0.6 is 110 Å². The topological polar surface area (TPSA) is 0 Å². The third kappa shape index (κ3) is 8.90. The number of halogens is 1. The summed E-state index contributed by atoms with van der Waals surface area (Å²) in [6, 6.07) is 16.6. The van der Waals surface area contributed by atoms with E-state index >= 15 is 0 Å². The Kier molecular flexibility index (Phi) is 13.1. The lowest BCUT2D eigenvalue weighted by Crippen LogP contribution is -2.04. The van der Waals surface area contributed by atoms with Crippen LogP contribution in [-0.2, 0) is 25.7 Å². The minimum atomic E-state index is 0.992. The molecule has 218 valence electrons. The van der Waals surface area contributed by atoms with Crippen LogP contribution in [0.4, 0.5) is 0 Å². The second kappa shape index (κ2) is 16.3. The molecule has 0 atom stereocenters. The van der Waals surface area contributed by atoms with Gasteiger partial charge in [0.25, 0.3) is 0 Å². The van der Waals surface area contributed by atoms with Crippen molar-refractivity contribution in [1.82, 2.24) is 0 Å². The van der Waals surface area contributed by atoms with Crippen LogP contribution in [0.25, 0.3) is 0 Å². The molecule has 0 saturated heterocycles. The van der Waals surface area contributed by atoms with E-state index in [0.29, 0.717) is 0 Å². The third-order valence-corrected chi connectivity index (χ3v) is 17.8. The lowest BCUT2D eigenvalue weighted by Gasteiger charge is -2.18. The zero-order valence-corrected chi connectivity index (χ0v) is 32.0. The summed E-state index contributed by atoms with van der Waals surface area (Å²) in [6.07, 6.45) is 3.99. The highest BCUT2D eigenvalue weighted by Crippen LogP contribution is 2.60. The molecule has 0 unspecified atom stereocenters. The standard InChI is InChI=1S/C32H35BrS8/c1-5-34-29-30(35-6-2)39-27(38-29)24-14-20-10-9-11-21(12-20)15-25(17-23-13-22(16-24)18-26(33)19-23)28-40-31(36-7-3)32(41-28)37-8-4/h9-13,18-19H,5-8,14-17H2,1-4H3. The third-order valence-electron chi connectivity index (χ3n) is 6.43. The summed E-state index contributed by atoms with van der Waals surface area (Å²) in [4.78, 5) is 0. The van der Waals surface area contributed by atoms with Gasteiger partial charge in [0, 0.05) is 4.47 Å². The minimum absolute atomic E-state index is 0.992. The minimum Gasteiger partial charge on any atom is -0.118 e. The van der Waals surface area contributed by atoms with Crippen molar-refractivity contribution in [2.45, 2.75) is 53.4 Å². The molecular formula is C32H35BrS8. The molecule has 2 aromatic carbocycles. The van der Waals surface area contributed by atoms with Crippen LogP contribution in [0.3, 0.4) is 0 Å². The van der Waals surface area contributed by atoms with Gasteiger partial charge in [0.2, 0.25) is 0 Å². The highest BCUT2D eigenvalue weighted by molar-refractivity contribution is 9.10. The Morgan fingerprint density at radius 1 is 0.537 bits per heavy atom. The number of fused-ring (bicyclic) bond motifs is 4. The highest BCUT2D eigenvalue weighted by Gasteiger charge is 2.27. The van der Waals surface area contributed by atoms with Crippen LogP contribution in [0.1, 0.15) is 49.9 Å². The monoisotopic (exact) mass is 754 g/mol. The lowest BCUT2D eigenvalue weighted by molar-refractivity contribution is 0.987. The smallest absolute Gasteiger partial charge is 0.0659 e. The molecule has 0 amide bonds. The summed E-state index contributed by atoms with van der Waals surface area (Å²) in [6.45, 7) is 9.06. The second-order valence-corrected chi connectivity index (χ2v) is 21.2. The molecule has 0 saturated carbocycles. The van der Waals surface area contributed by atoms with Gasteiger partial charge in [-0.15, -0.1) is 47.0 Å². The van der Waals surface area contributed by atoms with Gasteiger partial charge in [-0.05, 0) is 94.2 Å². The molecular weight excluding hydrogens is 721 g/mol. The number of rotatable bonds is 8. The number of allylic oxidation sites excluding steroid dienone is 2. The Hall–Kier alpha value is 0.680. The summed E-state index contributed by atoms with van der Waals surface area (Å²) in [7, 11) is 0. The molecule has 3 aliphatic rings. The molecule has 0 N–H and O–H groups in total. The Morgan fingerprint density at radius 3 is 1.24 bits per heavy atom. The average molecular weight is 756 g/mol. The Balaban J connectivity index is 1.53. The summed E-state index contributed by atoms with van der Waals surface area (Å²) in [5, 5.41) is 0. The number of thioether (sulfide) groups is 8. The molecule has 0 aromatic heterocycles. The predicted molar refractivity (Wildman–Crippen MR) is 206 cm³/mol. The molecule has 2 heterocycles. The lowest BCUT2D eigenvalue weighted by atomic mass is 9.92. The fourth-order valence-corrected chi connectivity index (χ4v) is 16.9. The predicted octanol–water partition coefficient (Wildman–Crippen LogP) is 13.0. The van der Waals surface area contributed by atoms with Gasteiger partial charge in [0.05, 0.1) is 25.4 Å². The van der Waals surface area contributed by atoms with Crippen molar-refractivity contribution in [3.8, 4) is 0 Å². The van der Waals surface area contributed by atoms with E-state index in [1.165, 1.54) is 52.1 Å². The van der Waals surface area contributed by atoms with Gasteiger partial charge in [-0.1, -0.05) is 121 Å². The molecule has 1 aliphatic carbocycles. The van der Waals surface area contributed by atoms with Crippen molar-refractivity contribution in [2.24, 2.45) is 0 Å². The first kappa shape index (κ1) is 33.1. The van der Waals surface area contributed by atoms with Gasteiger partial charge in [0.1, 0.15) is 0 Å². The van der Waals surface area contributed by atoms with E-state index < -0.39 is 0 Å². The fourth-order valence-electron chi connectivity index (χ4n) is 4.88. The van der Waals surface area contributed by atoms with Crippen LogP contribution in [-0.4, -0.2) is 23.0 Å². The first-order valence-electron chi connectivity index (χ1n) is 14.0. The molecule has 0 spiro atoms. The van der Waals surface area contributed by atoms with Crippen LogP contribution in [0.2, 0.25) is 0 Å². The van der Waals surface area contributed by atoms with Crippen molar-refractivity contribution in [3.63, 3.8) is 0 Å². The van der Waals surface area contributed by atoms with Gasteiger partial charge in [0.15, 0.2) is 0 Å². The van der Waals surface area contributed by atoms with E-state index in [0.717, 1.165) is 48.7 Å². The Morgan fingerprint density at radius 2 is 0.878 bits per heavy atom.